The lowest BCUT2D eigenvalue weighted by Crippen LogP contribution is -2.49. The molecule has 6 nitrogen and oxygen atoms in total. The molecule has 3 heterocycles. The van der Waals surface area contributed by atoms with Crippen LogP contribution < -0.4 is 4.90 Å². The average Bonchev–Trinajstić information content (AvgIpc) is 3.39. The van der Waals surface area contributed by atoms with Crippen molar-refractivity contribution in [2.75, 3.05) is 37.7 Å². The van der Waals surface area contributed by atoms with Crippen molar-refractivity contribution in [2.24, 2.45) is 5.92 Å². The normalized spacial score (nSPS) is 22.1. The molecule has 0 spiro atoms. The zero-order valence-corrected chi connectivity index (χ0v) is 12.1. The van der Waals surface area contributed by atoms with E-state index in [0.29, 0.717) is 18.4 Å². The van der Waals surface area contributed by atoms with Gasteiger partial charge in [0.15, 0.2) is 0 Å². The van der Waals surface area contributed by atoms with Crippen molar-refractivity contribution < 1.29 is 9.53 Å². The van der Waals surface area contributed by atoms with Crippen LogP contribution in [0, 0.1) is 5.92 Å². The second-order valence-corrected chi connectivity index (χ2v) is 6.03. The van der Waals surface area contributed by atoms with Crippen LogP contribution in [-0.4, -0.2) is 53.6 Å². The molecule has 0 atom stereocenters. The number of ether oxygens (including phenoxy) is 1. The van der Waals surface area contributed by atoms with E-state index in [1.54, 1.807) is 0 Å². The summed E-state index contributed by atoms with van der Waals surface area (Å²) in [5.41, 5.74) is 2.22. The molecule has 2 fully saturated rings. The van der Waals surface area contributed by atoms with Crippen LogP contribution in [0.2, 0.25) is 0 Å². The van der Waals surface area contributed by atoms with Gasteiger partial charge in [-0.05, 0) is 12.8 Å². The van der Waals surface area contributed by atoms with Crippen molar-refractivity contribution in [3.63, 3.8) is 0 Å². The van der Waals surface area contributed by atoms with Crippen LogP contribution in [0.3, 0.4) is 0 Å². The lowest BCUT2D eigenvalue weighted by atomic mass is 10.1. The van der Waals surface area contributed by atoms with Crippen molar-refractivity contribution in [1.82, 2.24) is 14.9 Å². The van der Waals surface area contributed by atoms with Gasteiger partial charge < -0.3 is 14.5 Å². The van der Waals surface area contributed by atoms with Crippen LogP contribution in [0.4, 0.5) is 5.95 Å². The predicted molar refractivity (Wildman–Crippen MR) is 76.9 cm³/mol. The monoisotopic (exact) mass is 288 g/mol. The van der Waals surface area contributed by atoms with Gasteiger partial charge in [-0.3, -0.25) is 4.79 Å². The number of hydrogen-bond acceptors (Lipinski definition) is 5. The SMILES string of the molecule is O=C(C1CC1)N1CCN(c2ncc3c(n2)CCOC3)CC1. The molecule has 1 amide bonds. The van der Waals surface area contributed by atoms with E-state index in [0.717, 1.165) is 69.3 Å². The maximum Gasteiger partial charge on any atom is 0.225 e. The smallest absolute Gasteiger partial charge is 0.225 e. The topological polar surface area (TPSA) is 58.6 Å². The third kappa shape index (κ3) is 2.60. The molecular formula is C15H20N4O2. The number of piperazine rings is 1. The van der Waals surface area contributed by atoms with Crippen molar-refractivity contribution in [3.05, 3.63) is 17.5 Å². The van der Waals surface area contributed by atoms with E-state index in [9.17, 15) is 4.79 Å². The molecule has 0 bridgehead atoms. The lowest BCUT2D eigenvalue weighted by molar-refractivity contribution is -0.132. The summed E-state index contributed by atoms with van der Waals surface area (Å²) < 4.78 is 5.41. The Labute approximate surface area is 124 Å². The third-order valence-electron chi connectivity index (χ3n) is 4.48. The molecule has 1 saturated heterocycles. The van der Waals surface area contributed by atoms with Crippen molar-refractivity contribution >= 4 is 11.9 Å². The second-order valence-electron chi connectivity index (χ2n) is 6.03. The molecule has 0 aromatic carbocycles. The van der Waals surface area contributed by atoms with Gasteiger partial charge in [0, 0.05) is 50.3 Å². The van der Waals surface area contributed by atoms with Crippen LogP contribution >= 0.6 is 0 Å². The Hall–Kier alpha value is -1.69. The van der Waals surface area contributed by atoms with Gasteiger partial charge >= 0.3 is 0 Å². The summed E-state index contributed by atoms with van der Waals surface area (Å²) in [6.07, 6.45) is 4.91. The van der Waals surface area contributed by atoms with Crippen LogP contribution in [-0.2, 0) is 22.6 Å². The van der Waals surface area contributed by atoms with Crippen molar-refractivity contribution in [2.45, 2.75) is 25.9 Å². The summed E-state index contributed by atoms with van der Waals surface area (Å²) in [6, 6.07) is 0. The standard InChI is InChI=1S/C15H20N4O2/c20-14(11-1-2-11)18-4-6-19(7-5-18)15-16-9-12-10-21-8-3-13(12)17-15/h9,11H,1-8,10H2. The molecule has 1 aromatic rings. The van der Waals surface area contributed by atoms with Crippen LogP contribution in [0.1, 0.15) is 24.1 Å². The summed E-state index contributed by atoms with van der Waals surface area (Å²) in [5.74, 6) is 1.46. The first-order chi connectivity index (χ1) is 10.3. The van der Waals surface area contributed by atoms with Gasteiger partial charge in [0.05, 0.1) is 18.9 Å². The Morgan fingerprint density at radius 2 is 2.05 bits per heavy atom. The highest BCUT2D eigenvalue weighted by Gasteiger charge is 2.34. The van der Waals surface area contributed by atoms with E-state index >= 15 is 0 Å². The minimum absolute atomic E-state index is 0.316. The van der Waals surface area contributed by atoms with E-state index in [1.807, 2.05) is 11.1 Å². The molecule has 0 unspecified atom stereocenters. The first-order valence-corrected chi connectivity index (χ1v) is 7.77. The van der Waals surface area contributed by atoms with Gasteiger partial charge in [-0.15, -0.1) is 0 Å². The minimum atomic E-state index is 0.316. The maximum atomic E-state index is 12.1. The summed E-state index contributed by atoms with van der Waals surface area (Å²) in [7, 11) is 0. The van der Waals surface area contributed by atoms with Crippen LogP contribution in [0.15, 0.2) is 6.20 Å². The van der Waals surface area contributed by atoms with Crippen molar-refractivity contribution in [3.8, 4) is 0 Å². The number of amides is 1. The summed E-state index contributed by atoms with van der Waals surface area (Å²) in [5, 5.41) is 0. The minimum Gasteiger partial charge on any atom is -0.376 e. The summed E-state index contributed by atoms with van der Waals surface area (Å²) >= 11 is 0. The number of anilines is 1. The van der Waals surface area contributed by atoms with E-state index in [1.165, 1.54) is 0 Å². The molecule has 2 aliphatic heterocycles. The second kappa shape index (κ2) is 5.26. The zero-order chi connectivity index (χ0) is 14.2. The van der Waals surface area contributed by atoms with Gasteiger partial charge in [0.25, 0.3) is 0 Å². The fraction of sp³-hybridized carbons (Fsp3) is 0.667. The molecule has 6 heteroatoms. The molecule has 0 radical (unpaired) electrons. The van der Waals surface area contributed by atoms with Crippen molar-refractivity contribution in [1.29, 1.82) is 0 Å². The molecule has 1 saturated carbocycles. The van der Waals surface area contributed by atoms with Gasteiger partial charge in [-0.2, -0.15) is 0 Å². The Morgan fingerprint density at radius 1 is 1.24 bits per heavy atom. The third-order valence-corrected chi connectivity index (χ3v) is 4.48. The number of aromatic nitrogens is 2. The first kappa shape index (κ1) is 13.0. The van der Waals surface area contributed by atoms with E-state index in [4.69, 9.17) is 4.74 Å². The van der Waals surface area contributed by atoms with E-state index in [2.05, 4.69) is 14.9 Å². The Kier molecular flexibility index (Phi) is 3.25. The van der Waals surface area contributed by atoms with E-state index in [-0.39, 0.29) is 0 Å². The highest BCUT2D eigenvalue weighted by Crippen LogP contribution is 2.31. The maximum absolute atomic E-state index is 12.1. The fourth-order valence-corrected chi connectivity index (χ4v) is 2.99. The molecule has 1 aliphatic carbocycles. The van der Waals surface area contributed by atoms with Crippen LogP contribution in [0.25, 0.3) is 0 Å². The van der Waals surface area contributed by atoms with Gasteiger partial charge in [0.1, 0.15) is 0 Å². The molecule has 112 valence electrons. The predicted octanol–water partition coefficient (Wildman–Crippen LogP) is 0.608. The number of hydrogen-bond donors (Lipinski definition) is 0. The fourth-order valence-electron chi connectivity index (χ4n) is 2.99. The molecular weight excluding hydrogens is 268 g/mol. The Bertz CT molecular complexity index is 551. The van der Waals surface area contributed by atoms with Crippen LogP contribution in [0.5, 0.6) is 0 Å². The summed E-state index contributed by atoms with van der Waals surface area (Å²) in [4.78, 5) is 25.4. The molecule has 4 rings (SSSR count). The average molecular weight is 288 g/mol. The highest BCUT2D eigenvalue weighted by molar-refractivity contribution is 5.81. The number of carbonyl (C=O) groups is 1. The Morgan fingerprint density at radius 3 is 2.81 bits per heavy atom. The van der Waals surface area contributed by atoms with Gasteiger partial charge in [-0.1, -0.05) is 0 Å². The number of fused-ring (bicyclic) bond motifs is 1. The number of carbonyl (C=O) groups excluding carboxylic acids is 1. The molecule has 0 N–H and O–H groups in total. The first-order valence-electron chi connectivity index (χ1n) is 7.77. The Balaban J connectivity index is 1.42. The number of nitrogens with zero attached hydrogens (tertiary/aromatic N) is 4. The molecule has 1 aromatic heterocycles. The zero-order valence-electron chi connectivity index (χ0n) is 12.1. The largest absolute Gasteiger partial charge is 0.376 e. The molecule has 21 heavy (non-hydrogen) atoms. The quantitative estimate of drug-likeness (QED) is 0.798. The highest BCUT2D eigenvalue weighted by atomic mass is 16.5. The molecule has 3 aliphatic rings. The van der Waals surface area contributed by atoms with Gasteiger partial charge in [0.2, 0.25) is 11.9 Å². The van der Waals surface area contributed by atoms with E-state index < -0.39 is 0 Å². The van der Waals surface area contributed by atoms with Gasteiger partial charge in [-0.25, -0.2) is 9.97 Å². The number of rotatable bonds is 2. The summed E-state index contributed by atoms with van der Waals surface area (Å²) in [6.45, 7) is 4.60. The lowest BCUT2D eigenvalue weighted by Gasteiger charge is -2.35.